The van der Waals surface area contributed by atoms with Crippen LogP contribution >= 0.6 is 0 Å². The Bertz CT molecular complexity index is 312. The standard InChI is InChI=1S/C15H22FN/c16-14-8-10-15(11-9-14)17-12-13-6-4-2-1-3-5-7-13/h8-11,13,17H,1-7,12H2. The first-order valence-electron chi connectivity index (χ1n) is 6.84. The van der Waals surface area contributed by atoms with Gasteiger partial charge in [-0.2, -0.15) is 0 Å². The van der Waals surface area contributed by atoms with E-state index in [9.17, 15) is 4.39 Å². The molecule has 0 amide bonds. The summed E-state index contributed by atoms with van der Waals surface area (Å²) in [5.74, 6) is 0.627. The third-order valence-corrected chi connectivity index (χ3v) is 3.66. The van der Waals surface area contributed by atoms with E-state index in [1.807, 2.05) is 12.1 Å². The minimum Gasteiger partial charge on any atom is -0.385 e. The van der Waals surface area contributed by atoms with E-state index in [0.717, 1.165) is 18.2 Å². The van der Waals surface area contributed by atoms with Crippen LogP contribution in [0.2, 0.25) is 0 Å². The van der Waals surface area contributed by atoms with Crippen LogP contribution in [0, 0.1) is 11.7 Å². The number of halogens is 1. The van der Waals surface area contributed by atoms with Gasteiger partial charge < -0.3 is 5.32 Å². The third-order valence-electron chi connectivity index (χ3n) is 3.66. The Hall–Kier alpha value is -1.05. The number of rotatable bonds is 3. The van der Waals surface area contributed by atoms with E-state index in [0.29, 0.717) is 0 Å². The largest absolute Gasteiger partial charge is 0.385 e. The molecule has 0 saturated heterocycles. The molecule has 94 valence electrons. The van der Waals surface area contributed by atoms with Crippen LogP contribution in [0.15, 0.2) is 24.3 Å². The van der Waals surface area contributed by atoms with E-state index in [1.54, 1.807) is 0 Å². The first kappa shape index (κ1) is 12.4. The lowest BCUT2D eigenvalue weighted by Gasteiger charge is -2.20. The van der Waals surface area contributed by atoms with Gasteiger partial charge in [-0.1, -0.05) is 32.1 Å². The average molecular weight is 235 g/mol. The highest BCUT2D eigenvalue weighted by molar-refractivity contribution is 5.42. The predicted octanol–water partition coefficient (Wildman–Crippen LogP) is 4.60. The quantitative estimate of drug-likeness (QED) is 0.807. The van der Waals surface area contributed by atoms with Crippen molar-refractivity contribution in [1.29, 1.82) is 0 Å². The zero-order valence-corrected chi connectivity index (χ0v) is 10.4. The Morgan fingerprint density at radius 2 is 1.53 bits per heavy atom. The van der Waals surface area contributed by atoms with Gasteiger partial charge in [0.25, 0.3) is 0 Å². The number of nitrogens with one attached hydrogen (secondary N) is 1. The van der Waals surface area contributed by atoms with Gasteiger partial charge in [-0.25, -0.2) is 4.39 Å². The Morgan fingerprint density at radius 3 is 2.18 bits per heavy atom. The second kappa shape index (κ2) is 6.63. The molecule has 1 saturated carbocycles. The first-order valence-corrected chi connectivity index (χ1v) is 6.84. The van der Waals surface area contributed by atoms with E-state index in [2.05, 4.69) is 5.32 Å². The van der Waals surface area contributed by atoms with Crippen LogP contribution in [0.25, 0.3) is 0 Å². The maximum absolute atomic E-state index is 12.8. The molecule has 1 aromatic carbocycles. The van der Waals surface area contributed by atoms with Crippen molar-refractivity contribution >= 4 is 5.69 Å². The van der Waals surface area contributed by atoms with Gasteiger partial charge >= 0.3 is 0 Å². The van der Waals surface area contributed by atoms with Crippen LogP contribution in [0.4, 0.5) is 10.1 Å². The van der Waals surface area contributed by atoms with Crippen molar-refractivity contribution in [2.75, 3.05) is 11.9 Å². The van der Waals surface area contributed by atoms with Crippen molar-refractivity contribution in [2.45, 2.75) is 44.9 Å². The number of hydrogen-bond acceptors (Lipinski definition) is 1. The van der Waals surface area contributed by atoms with Crippen molar-refractivity contribution in [3.05, 3.63) is 30.1 Å². The highest BCUT2D eigenvalue weighted by Gasteiger charge is 2.10. The van der Waals surface area contributed by atoms with Gasteiger partial charge in [-0.15, -0.1) is 0 Å². The predicted molar refractivity (Wildman–Crippen MR) is 70.7 cm³/mol. The Balaban J connectivity index is 1.77. The smallest absolute Gasteiger partial charge is 0.123 e. The van der Waals surface area contributed by atoms with Gasteiger partial charge in [0.1, 0.15) is 5.82 Å². The molecule has 0 radical (unpaired) electrons. The fourth-order valence-electron chi connectivity index (χ4n) is 2.57. The molecular weight excluding hydrogens is 213 g/mol. The van der Waals surface area contributed by atoms with Crippen molar-refractivity contribution < 1.29 is 4.39 Å². The lowest BCUT2D eigenvalue weighted by molar-refractivity contribution is 0.392. The molecule has 0 atom stereocenters. The SMILES string of the molecule is Fc1ccc(NCC2CCCCCCC2)cc1. The summed E-state index contributed by atoms with van der Waals surface area (Å²) in [6.07, 6.45) is 9.63. The molecule has 0 unspecified atom stereocenters. The summed E-state index contributed by atoms with van der Waals surface area (Å²) in [7, 11) is 0. The fraction of sp³-hybridized carbons (Fsp3) is 0.600. The monoisotopic (exact) mass is 235 g/mol. The second-order valence-corrected chi connectivity index (χ2v) is 5.10. The summed E-state index contributed by atoms with van der Waals surface area (Å²) in [5, 5.41) is 3.42. The minimum atomic E-state index is -0.165. The number of benzene rings is 1. The molecule has 1 fully saturated rings. The van der Waals surface area contributed by atoms with E-state index in [1.165, 1.54) is 57.1 Å². The van der Waals surface area contributed by atoms with Crippen molar-refractivity contribution in [3.8, 4) is 0 Å². The highest BCUT2D eigenvalue weighted by Crippen LogP contribution is 2.22. The summed E-state index contributed by atoms with van der Waals surface area (Å²) >= 11 is 0. The van der Waals surface area contributed by atoms with E-state index in [4.69, 9.17) is 0 Å². The van der Waals surface area contributed by atoms with Gasteiger partial charge in [0.2, 0.25) is 0 Å². The Labute approximate surface area is 103 Å². The van der Waals surface area contributed by atoms with Crippen LogP contribution in [-0.4, -0.2) is 6.54 Å². The van der Waals surface area contributed by atoms with E-state index >= 15 is 0 Å². The molecular formula is C15H22FN. The topological polar surface area (TPSA) is 12.0 Å². The molecule has 17 heavy (non-hydrogen) atoms. The lowest BCUT2D eigenvalue weighted by Crippen LogP contribution is -2.15. The summed E-state index contributed by atoms with van der Waals surface area (Å²) in [6.45, 7) is 1.03. The molecule has 0 aliphatic heterocycles. The zero-order valence-electron chi connectivity index (χ0n) is 10.4. The van der Waals surface area contributed by atoms with Gasteiger partial charge in [0.05, 0.1) is 0 Å². The molecule has 1 aliphatic rings. The summed E-state index contributed by atoms with van der Waals surface area (Å²) in [4.78, 5) is 0. The van der Waals surface area contributed by atoms with Crippen molar-refractivity contribution in [3.63, 3.8) is 0 Å². The molecule has 0 aromatic heterocycles. The molecule has 2 heteroatoms. The second-order valence-electron chi connectivity index (χ2n) is 5.10. The third kappa shape index (κ3) is 4.37. The fourth-order valence-corrected chi connectivity index (χ4v) is 2.57. The Kier molecular flexibility index (Phi) is 4.84. The molecule has 0 spiro atoms. The van der Waals surface area contributed by atoms with Gasteiger partial charge in [-0.05, 0) is 43.0 Å². The summed E-state index contributed by atoms with van der Waals surface area (Å²) < 4.78 is 12.8. The molecule has 1 aromatic rings. The van der Waals surface area contributed by atoms with E-state index < -0.39 is 0 Å². The van der Waals surface area contributed by atoms with Crippen molar-refractivity contribution in [1.82, 2.24) is 0 Å². The van der Waals surface area contributed by atoms with Crippen LogP contribution in [0.1, 0.15) is 44.9 Å². The molecule has 1 aliphatic carbocycles. The molecule has 1 nitrogen and oxygen atoms in total. The van der Waals surface area contributed by atoms with Crippen LogP contribution < -0.4 is 5.32 Å². The molecule has 1 N–H and O–H groups in total. The van der Waals surface area contributed by atoms with Crippen molar-refractivity contribution in [2.24, 2.45) is 5.92 Å². The first-order chi connectivity index (χ1) is 8.34. The van der Waals surface area contributed by atoms with Gasteiger partial charge in [0.15, 0.2) is 0 Å². The summed E-state index contributed by atoms with van der Waals surface area (Å²) in [6, 6.07) is 6.66. The molecule has 0 heterocycles. The highest BCUT2D eigenvalue weighted by atomic mass is 19.1. The molecule has 2 rings (SSSR count). The van der Waals surface area contributed by atoms with Crippen LogP contribution in [-0.2, 0) is 0 Å². The lowest BCUT2D eigenvalue weighted by atomic mass is 9.91. The van der Waals surface area contributed by atoms with Gasteiger partial charge in [0, 0.05) is 12.2 Å². The molecule has 0 bridgehead atoms. The normalized spacial score (nSPS) is 18.4. The average Bonchev–Trinajstić information content (AvgIpc) is 2.30. The number of anilines is 1. The van der Waals surface area contributed by atoms with E-state index in [-0.39, 0.29) is 5.82 Å². The number of hydrogen-bond donors (Lipinski definition) is 1. The maximum atomic E-state index is 12.8. The maximum Gasteiger partial charge on any atom is 0.123 e. The Morgan fingerprint density at radius 1 is 0.941 bits per heavy atom. The minimum absolute atomic E-state index is 0.165. The van der Waals surface area contributed by atoms with Gasteiger partial charge in [-0.3, -0.25) is 0 Å². The van der Waals surface area contributed by atoms with Crippen LogP contribution in [0.5, 0.6) is 0 Å². The van der Waals surface area contributed by atoms with Crippen LogP contribution in [0.3, 0.4) is 0 Å². The summed E-state index contributed by atoms with van der Waals surface area (Å²) in [5.41, 5.74) is 1.04. The zero-order chi connectivity index (χ0) is 11.9.